The van der Waals surface area contributed by atoms with Crippen LogP contribution in [-0.2, 0) is 29.4 Å². The van der Waals surface area contributed by atoms with E-state index in [1.54, 1.807) is 36.2 Å². The molecule has 0 aliphatic carbocycles. The average Bonchev–Trinajstić information content (AvgIpc) is 3.21. The van der Waals surface area contributed by atoms with Crippen LogP contribution in [0.5, 0.6) is 11.5 Å². The molecule has 0 bridgehead atoms. The normalized spacial score (nSPS) is 17.0. The zero-order valence-electron chi connectivity index (χ0n) is 25.6. The SMILES string of the molecule is CN1C(=O)N(Cc2ccc(C(C)(C)C)cc2)CC1CCOc1ccc(CC(C)(Oc2ccc(C(F)(F)F)cc2)C(=O)O)cc1. The van der Waals surface area contributed by atoms with Crippen molar-refractivity contribution in [3.8, 4) is 11.5 Å². The highest BCUT2D eigenvalue weighted by atomic mass is 19.4. The first-order valence-corrected chi connectivity index (χ1v) is 14.5. The molecule has 0 aromatic heterocycles. The van der Waals surface area contributed by atoms with Gasteiger partial charge in [-0.25, -0.2) is 9.59 Å². The van der Waals surface area contributed by atoms with Crippen molar-refractivity contribution < 1.29 is 37.3 Å². The molecule has 2 unspecified atom stereocenters. The minimum absolute atomic E-state index is 0.00856. The van der Waals surface area contributed by atoms with E-state index in [0.717, 1.165) is 29.8 Å². The lowest BCUT2D eigenvalue weighted by Gasteiger charge is -2.27. The number of nitrogens with zero attached hydrogens (tertiary/aromatic N) is 2. The van der Waals surface area contributed by atoms with Crippen LogP contribution in [0.1, 0.15) is 56.4 Å². The number of carboxylic acid groups (broad SMARTS) is 1. The summed E-state index contributed by atoms with van der Waals surface area (Å²) in [6.07, 6.45) is -3.88. The molecule has 1 saturated heterocycles. The summed E-state index contributed by atoms with van der Waals surface area (Å²) in [4.78, 5) is 28.5. The molecule has 0 spiro atoms. The largest absolute Gasteiger partial charge is 0.494 e. The zero-order chi connectivity index (χ0) is 32.3. The van der Waals surface area contributed by atoms with Gasteiger partial charge in [0.15, 0.2) is 0 Å². The molecule has 2 amide bonds. The second-order valence-corrected chi connectivity index (χ2v) is 12.5. The van der Waals surface area contributed by atoms with Crippen molar-refractivity contribution in [2.45, 2.75) is 70.3 Å². The first kappa shape index (κ1) is 32.7. The first-order valence-electron chi connectivity index (χ1n) is 14.5. The van der Waals surface area contributed by atoms with E-state index in [1.807, 2.05) is 4.90 Å². The van der Waals surface area contributed by atoms with Gasteiger partial charge in [-0.1, -0.05) is 57.2 Å². The third-order valence-electron chi connectivity index (χ3n) is 7.91. The summed E-state index contributed by atoms with van der Waals surface area (Å²) in [5.41, 5.74) is 0.503. The number of carboxylic acids is 1. The second kappa shape index (κ2) is 12.8. The highest BCUT2D eigenvalue weighted by Crippen LogP contribution is 2.32. The molecule has 3 aromatic rings. The maximum atomic E-state index is 12.9. The van der Waals surface area contributed by atoms with E-state index in [-0.39, 0.29) is 29.7 Å². The summed E-state index contributed by atoms with van der Waals surface area (Å²) in [5.74, 6) is -0.628. The Balaban J connectivity index is 1.28. The summed E-state index contributed by atoms with van der Waals surface area (Å²) >= 11 is 0. The maximum absolute atomic E-state index is 12.9. The molecule has 0 saturated carbocycles. The number of hydrogen-bond donors (Lipinski definition) is 1. The van der Waals surface area contributed by atoms with Gasteiger partial charge in [0.05, 0.1) is 18.2 Å². The Morgan fingerprint density at radius 3 is 1.95 bits per heavy atom. The number of benzene rings is 3. The van der Waals surface area contributed by atoms with Gasteiger partial charge in [-0.05, 0) is 65.4 Å². The number of carbonyl (C=O) groups excluding carboxylic acids is 1. The summed E-state index contributed by atoms with van der Waals surface area (Å²) in [5, 5.41) is 9.83. The molecular formula is C34H39F3N2O5. The van der Waals surface area contributed by atoms with Crippen molar-refractivity contribution in [2.75, 3.05) is 20.2 Å². The van der Waals surface area contributed by atoms with Crippen molar-refractivity contribution in [1.29, 1.82) is 0 Å². The Morgan fingerprint density at radius 2 is 1.41 bits per heavy atom. The molecule has 1 N–H and O–H groups in total. The number of hydrogen-bond acceptors (Lipinski definition) is 4. The van der Waals surface area contributed by atoms with Gasteiger partial charge in [-0.3, -0.25) is 0 Å². The van der Waals surface area contributed by atoms with E-state index < -0.39 is 23.3 Å². The number of ether oxygens (including phenoxy) is 2. The standard InChI is InChI=1S/C34H39F3N2O5/c1-32(2,3)25-10-6-24(7-11-25)21-39-22-27(38(5)31(39)42)18-19-43-28-14-8-23(9-15-28)20-33(4,30(40)41)44-29-16-12-26(13-17-29)34(35,36)37/h6-17,27H,18-22H2,1-5H3,(H,40,41). The fourth-order valence-corrected chi connectivity index (χ4v) is 5.12. The van der Waals surface area contributed by atoms with Crippen LogP contribution < -0.4 is 9.47 Å². The van der Waals surface area contributed by atoms with Gasteiger partial charge in [0.25, 0.3) is 0 Å². The van der Waals surface area contributed by atoms with E-state index in [4.69, 9.17) is 9.47 Å². The minimum Gasteiger partial charge on any atom is -0.494 e. The van der Waals surface area contributed by atoms with E-state index >= 15 is 0 Å². The average molecular weight is 613 g/mol. The number of carbonyl (C=O) groups is 2. The van der Waals surface area contributed by atoms with Crippen molar-refractivity contribution >= 4 is 12.0 Å². The number of halogens is 3. The van der Waals surface area contributed by atoms with Crippen LogP contribution in [0.3, 0.4) is 0 Å². The molecule has 0 radical (unpaired) electrons. The van der Waals surface area contributed by atoms with Gasteiger partial charge in [-0.2, -0.15) is 13.2 Å². The Hall–Kier alpha value is -4.21. The topological polar surface area (TPSA) is 79.3 Å². The van der Waals surface area contributed by atoms with Crippen LogP contribution >= 0.6 is 0 Å². The molecule has 3 aromatic carbocycles. The van der Waals surface area contributed by atoms with Crippen LogP contribution in [0.4, 0.5) is 18.0 Å². The van der Waals surface area contributed by atoms with E-state index in [9.17, 15) is 27.9 Å². The molecule has 7 nitrogen and oxygen atoms in total. The Morgan fingerprint density at radius 1 is 0.864 bits per heavy atom. The summed E-state index contributed by atoms with van der Waals surface area (Å²) in [6, 6.07) is 19.2. The van der Waals surface area contributed by atoms with Crippen LogP contribution in [0.25, 0.3) is 0 Å². The fraction of sp³-hybridized carbons (Fsp3) is 0.412. The molecular weight excluding hydrogens is 573 g/mol. The number of likely N-dealkylation sites (N-methyl/N-ethyl adjacent to an activating group) is 1. The van der Waals surface area contributed by atoms with Gasteiger partial charge >= 0.3 is 18.2 Å². The molecule has 1 aliphatic rings. The Labute approximate surface area is 256 Å². The van der Waals surface area contributed by atoms with Crippen LogP contribution in [0.15, 0.2) is 72.8 Å². The van der Waals surface area contributed by atoms with E-state index in [0.29, 0.717) is 37.4 Å². The third-order valence-corrected chi connectivity index (χ3v) is 7.91. The number of alkyl halides is 3. The summed E-state index contributed by atoms with van der Waals surface area (Å²) in [6.45, 7) is 9.42. The van der Waals surface area contributed by atoms with Crippen molar-refractivity contribution in [2.24, 2.45) is 0 Å². The van der Waals surface area contributed by atoms with Gasteiger partial charge in [-0.15, -0.1) is 0 Å². The van der Waals surface area contributed by atoms with Crippen LogP contribution in [0.2, 0.25) is 0 Å². The first-order chi connectivity index (χ1) is 20.5. The Bertz CT molecular complexity index is 1430. The predicted octanol–water partition coefficient (Wildman–Crippen LogP) is 7.17. The molecule has 4 rings (SSSR count). The summed E-state index contributed by atoms with van der Waals surface area (Å²) < 4.78 is 50.1. The van der Waals surface area contributed by atoms with Gasteiger partial charge < -0.3 is 24.4 Å². The zero-order valence-corrected chi connectivity index (χ0v) is 25.6. The summed E-state index contributed by atoms with van der Waals surface area (Å²) in [7, 11) is 1.80. The lowest BCUT2D eigenvalue weighted by atomic mass is 9.87. The molecule has 2 atom stereocenters. The fourth-order valence-electron chi connectivity index (χ4n) is 5.12. The van der Waals surface area contributed by atoms with Crippen molar-refractivity contribution in [1.82, 2.24) is 9.80 Å². The Kier molecular flexibility index (Phi) is 9.51. The van der Waals surface area contributed by atoms with Crippen LogP contribution in [-0.4, -0.2) is 58.7 Å². The number of aliphatic carboxylic acids is 1. The van der Waals surface area contributed by atoms with E-state index in [2.05, 4.69) is 45.0 Å². The lowest BCUT2D eigenvalue weighted by molar-refractivity contribution is -0.153. The van der Waals surface area contributed by atoms with Gasteiger partial charge in [0.2, 0.25) is 5.60 Å². The maximum Gasteiger partial charge on any atom is 0.416 e. The van der Waals surface area contributed by atoms with Crippen molar-refractivity contribution in [3.63, 3.8) is 0 Å². The highest BCUT2D eigenvalue weighted by molar-refractivity contribution is 5.78. The minimum atomic E-state index is -4.50. The molecule has 44 heavy (non-hydrogen) atoms. The van der Waals surface area contributed by atoms with E-state index in [1.165, 1.54) is 12.5 Å². The number of urea groups is 1. The third kappa shape index (κ3) is 8.03. The molecule has 1 heterocycles. The van der Waals surface area contributed by atoms with Gasteiger partial charge in [0.1, 0.15) is 11.5 Å². The number of amides is 2. The molecule has 10 heteroatoms. The van der Waals surface area contributed by atoms with Crippen molar-refractivity contribution in [3.05, 3.63) is 95.1 Å². The quantitative estimate of drug-likeness (QED) is 0.248. The monoisotopic (exact) mass is 612 g/mol. The highest BCUT2D eigenvalue weighted by Gasteiger charge is 2.37. The lowest BCUT2D eigenvalue weighted by Crippen LogP contribution is -2.43. The molecule has 1 fully saturated rings. The predicted molar refractivity (Wildman–Crippen MR) is 161 cm³/mol. The molecule has 236 valence electrons. The smallest absolute Gasteiger partial charge is 0.416 e. The van der Waals surface area contributed by atoms with Gasteiger partial charge in [0, 0.05) is 33.0 Å². The second-order valence-electron chi connectivity index (χ2n) is 12.5. The van der Waals surface area contributed by atoms with Crippen LogP contribution in [0, 0.1) is 0 Å². The molecule has 1 aliphatic heterocycles. The number of rotatable bonds is 11.